The minimum Gasteiger partial charge on any atom is -0.475 e. The SMILES string of the molecule is CC(C)[C@H]1COC(c2ccccc2S(=O)(=O)O)=N1.CC(C)[C@H]1COC(c2ccccc2S(=O)(=O)O)=N1.[Cu]. The van der Waals surface area contributed by atoms with E-state index in [1.807, 2.05) is 27.7 Å². The third kappa shape index (κ3) is 7.85. The minimum absolute atomic E-state index is 0. The van der Waals surface area contributed by atoms with Gasteiger partial charge in [-0.25, -0.2) is 9.98 Å². The molecule has 13 heteroatoms. The third-order valence-corrected chi connectivity index (χ3v) is 7.50. The second-order valence-corrected chi connectivity index (χ2v) is 11.8. The Balaban J connectivity index is 0.000000253. The zero-order valence-corrected chi connectivity index (χ0v) is 23.3. The molecule has 0 unspecified atom stereocenters. The maximum Gasteiger partial charge on any atom is 0.295 e. The number of hydrogen-bond donors (Lipinski definition) is 2. The topological polar surface area (TPSA) is 152 Å². The molecule has 0 aliphatic carbocycles. The van der Waals surface area contributed by atoms with Gasteiger partial charge >= 0.3 is 0 Å². The fraction of sp³-hybridized carbons (Fsp3) is 0.417. The van der Waals surface area contributed by atoms with Gasteiger partial charge in [0, 0.05) is 17.1 Å². The first-order chi connectivity index (χ1) is 16.8. The molecule has 1 radical (unpaired) electrons. The van der Waals surface area contributed by atoms with Gasteiger partial charge in [0.05, 0.1) is 23.2 Å². The molecular formula is C24H30CuN2O8S2. The van der Waals surface area contributed by atoms with Crippen LogP contribution < -0.4 is 0 Å². The van der Waals surface area contributed by atoms with Gasteiger partial charge in [-0.3, -0.25) is 9.11 Å². The van der Waals surface area contributed by atoms with Crippen molar-refractivity contribution in [3.63, 3.8) is 0 Å². The van der Waals surface area contributed by atoms with Gasteiger partial charge in [0.25, 0.3) is 20.2 Å². The van der Waals surface area contributed by atoms with Gasteiger partial charge in [-0.1, -0.05) is 52.0 Å². The Morgan fingerprint density at radius 1 is 0.703 bits per heavy atom. The third-order valence-electron chi connectivity index (χ3n) is 5.68. The van der Waals surface area contributed by atoms with E-state index in [0.29, 0.717) is 36.2 Å². The summed E-state index contributed by atoms with van der Waals surface area (Å²) in [5.74, 6) is 1.20. The van der Waals surface area contributed by atoms with Crippen molar-refractivity contribution in [2.45, 2.75) is 49.6 Å². The fourth-order valence-electron chi connectivity index (χ4n) is 3.49. The average Bonchev–Trinajstić information content (AvgIpc) is 3.49. The van der Waals surface area contributed by atoms with Crippen LogP contribution in [0.4, 0.5) is 0 Å². The standard InChI is InChI=1S/2C12H15NO4S.Cu/c2*1-8(2)10-7-17-12(13-10)9-5-3-4-6-11(9)18(14,15)16;/h2*3-6,8,10H,7H2,1-2H3,(H,14,15,16);/t2*10-;/m11./s1. The van der Waals surface area contributed by atoms with Crippen molar-refractivity contribution in [2.75, 3.05) is 13.2 Å². The van der Waals surface area contributed by atoms with Gasteiger partial charge in [-0.2, -0.15) is 16.8 Å². The van der Waals surface area contributed by atoms with Crippen LogP contribution in [0.3, 0.4) is 0 Å². The van der Waals surface area contributed by atoms with E-state index in [1.165, 1.54) is 12.1 Å². The Bertz CT molecular complexity index is 1270. The zero-order valence-electron chi connectivity index (χ0n) is 20.7. The van der Waals surface area contributed by atoms with Crippen molar-refractivity contribution in [1.82, 2.24) is 0 Å². The van der Waals surface area contributed by atoms with E-state index in [0.717, 1.165) is 0 Å². The van der Waals surface area contributed by atoms with E-state index in [1.54, 1.807) is 36.4 Å². The normalized spacial score (nSPS) is 19.2. The van der Waals surface area contributed by atoms with E-state index >= 15 is 0 Å². The van der Waals surface area contributed by atoms with E-state index in [-0.39, 0.29) is 50.7 Å². The van der Waals surface area contributed by atoms with Gasteiger partial charge in [0.15, 0.2) is 0 Å². The molecule has 2 aliphatic rings. The summed E-state index contributed by atoms with van der Waals surface area (Å²) in [6, 6.07) is 12.3. The van der Waals surface area contributed by atoms with Crippen LogP contribution in [-0.2, 0) is 46.8 Å². The number of rotatable bonds is 6. The van der Waals surface area contributed by atoms with Crippen LogP contribution in [0.1, 0.15) is 38.8 Å². The molecule has 2 aromatic rings. The molecule has 2 heterocycles. The van der Waals surface area contributed by atoms with Crippen LogP contribution in [0, 0.1) is 11.8 Å². The number of benzene rings is 2. The van der Waals surface area contributed by atoms with Crippen LogP contribution in [0.25, 0.3) is 0 Å². The fourth-order valence-corrected chi connectivity index (χ4v) is 4.86. The Hall–Kier alpha value is -2.28. The van der Waals surface area contributed by atoms with E-state index in [9.17, 15) is 16.8 Å². The largest absolute Gasteiger partial charge is 0.475 e. The molecular weight excluding hydrogens is 572 g/mol. The molecule has 0 saturated heterocycles. The zero-order chi connectivity index (χ0) is 26.7. The van der Waals surface area contributed by atoms with E-state index in [4.69, 9.17) is 18.6 Å². The molecule has 0 saturated carbocycles. The molecule has 0 fully saturated rings. The van der Waals surface area contributed by atoms with Gasteiger partial charge in [-0.15, -0.1) is 0 Å². The van der Waals surface area contributed by atoms with Crippen LogP contribution in [0.5, 0.6) is 0 Å². The van der Waals surface area contributed by atoms with Crippen LogP contribution in [0.15, 0.2) is 68.3 Å². The summed E-state index contributed by atoms with van der Waals surface area (Å²) in [6.07, 6.45) is 0. The van der Waals surface area contributed by atoms with Crippen molar-refractivity contribution in [3.8, 4) is 0 Å². The first kappa shape index (κ1) is 30.9. The number of hydrogen-bond acceptors (Lipinski definition) is 8. The quantitative estimate of drug-likeness (QED) is 0.377. The van der Waals surface area contributed by atoms with Gasteiger partial charge in [-0.05, 0) is 36.1 Å². The molecule has 207 valence electrons. The minimum atomic E-state index is -4.27. The van der Waals surface area contributed by atoms with Crippen molar-refractivity contribution in [3.05, 3.63) is 59.7 Å². The molecule has 4 rings (SSSR count). The summed E-state index contributed by atoms with van der Waals surface area (Å²) in [7, 11) is -8.54. The molecule has 0 spiro atoms. The maximum atomic E-state index is 11.3. The summed E-state index contributed by atoms with van der Waals surface area (Å²) in [5, 5.41) is 0. The molecule has 0 aromatic heterocycles. The predicted molar refractivity (Wildman–Crippen MR) is 135 cm³/mol. The number of nitrogens with zero attached hydrogens (tertiary/aromatic N) is 2. The van der Waals surface area contributed by atoms with Crippen molar-refractivity contribution in [2.24, 2.45) is 21.8 Å². The monoisotopic (exact) mass is 601 g/mol. The molecule has 37 heavy (non-hydrogen) atoms. The van der Waals surface area contributed by atoms with Crippen molar-refractivity contribution < 1.29 is 52.5 Å². The molecule has 2 aromatic carbocycles. The summed E-state index contributed by atoms with van der Waals surface area (Å²) >= 11 is 0. The molecule has 0 bridgehead atoms. The molecule has 2 aliphatic heterocycles. The predicted octanol–water partition coefficient (Wildman–Crippen LogP) is 3.47. The maximum absolute atomic E-state index is 11.3. The number of aliphatic imine (C=N–C) groups is 2. The molecule has 10 nitrogen and oxygen atoms in total. The Labute approximate surface area is 228 Å². The van der Waals surface area contributed by atoms with E-state index in [2.05, 4.69) is 9.98 Å². The summed E-state index contributed by atoms with van der Waals surface area (Å²) in [4.78, 5) is 8.36. The summed E-state index contributed by atoms with van der Waals surface area (Å²) in [5.41, 5.74) is 0.617. The Morgan fingerprint density at radius 3 is 1.30 bits per heavy atom. The molecule has 2 atom stereocenters. The van der Waals surface area contributed by atoms with Crippen LogP contribution in [0.2, 0.25) is 0 Å². The first-order valence-electron chi connectivity index (χ1n) is 11.3. The molecule has 2 N–H and O–H groups in total. The van der Waals surface area contributed by atoms with Crippen molar-refractivity contribution >= 4 is 32.0 Å². The van der Waals surface area contributed by atoms with Gasteiger partial charge < -0.3 is 9.47 Å². The average molecular weight is 602 g/mol. The Morgan fingerprint density at radius 2 is 1.03 bits per heavy atom. The summed E-state index contributed by atoms with van der Waals surface area (Å²) in [6.45, 7) is 8.97. The number of ether oxygens (including phenoxy) is 2. The van der Waals surface area contributed by atoms with Crippen LogP contribution >= 0.6 is 0 Å². The second-order valence-electron chi connectivity index (χ2n) is 9.06. The van der Waals surface area contributed by atoms with Crippen LogP contribution in [-0.4, -0.2) is 63.0 Å². The first-order valence-corrected chi connectivity index (χ1v) is 14.2. The van der Waals surface area contributed by atoms with Gasteiger partial charge in [0.1, 0.15) is 23.0 Å². The van der Waals surface area contributed by atoms with Gasteiger partial charge in [0.2, 0.25) is 11.8 Å². The van der Waals surface area contributed by atoms with E-state index < -0.39 is 20.2 Å². The Kier molecular flexibility index (Phi) is 10.5. The smallest absolute Gasteiger partial charge is 0.295 e. The van der Waals surface area contributed by atoms with Crippen molar-refractivity contribution in [1.29, 1.82) is 0 Å². The summed E-state index contributed by atoms with van der Waals surface area (Å²) < 4.78 is 74.3. The second kappa shape index (κ2) is 12.5. The molecule has 0 amide bonds.